The predicted octanol–water partition coefficient (Wildman–Crippen LogP) is 4.09. The molecule has 0 heterocycles. The minimum atomic E-state index is 0.893. The van der Waals surface area contributed by atoms with E-state index in [1.807, 2.05) is 44.4 Å². The van der Waals surface area contributed by atoms with Gasteiger partial charge in [-0.3, -0.25) is 0 Å². The highest BCUT2D eigenvalue weighted by Crippen LogP contribution is 2.25. The van der Waals surface area contributed by atoms with Crippen LogP contribution in [0.5, 0.6) is 5.75 Å². The largest absolute Gasteiger partial charge is 0.497 e. The van der Waals surface area contributed by atoms with Gasteiger partial charge < -0.3 is 4.74 Å². The molecule has 0 saturated heterocycles. The van der Waals surface area contributed by atoms with Crippen molar-refractivity contribution in [3.8, 4) is 5.75 Å². The second-order valence-corrected chi connectivity index (χ2v) is 3.16. The maximum atomic E-state index is 5.11. The summed E-state index contributed by atoms with van der Waals surface area (Å²) >= 11 is 1.70. The van der Waals surface area contributed by atoms with Gasteiger partial charge in [0.2, 0.25) is 0 Å². The molecule has 0 spiro atoms. The predicted molar refractivity (Wildman–Crippen MR) is 66.2 cm³/mol. The fraction of sp³-hybridized carbons (Fsp3) is 0.333. The first-order valence-electron chi connectivity index (χ1n) is 4.66. The van der Waals surface area contributed by atoms with E-state index in [4.69, 9.17) is 4.74 Å². The van der Waals surface area contributed by atoms with Crippen LogP contribution >= 0.6 is 11.8 Å². The van der Waals surface area contributed by atoms with Gasteiger partial charge in [-0.05, 0) is 24.0 Å². The summed E-state index contributed by atoms with van der Waals surface area (Å²) in [6.07, 6.45) is 3.90. The Bertz CT molecular complexity index is 282. The first-order valence-corrected chi connectivity index (χ1v) is 5.88. The molecule has 0 N–H and O–H groups in total. The summed E-state index contributed by atoms with van der Waals surface area (Å²) in [5.41, 5.74) is 1.16. The topological polar surface area (TPSA) is 9.23 Å². The SMILES string of the molecule is C=Cc1ccc(OC)cc1SC.CC. The molecule has 0 aliphatic heterocycles. The lowest BCUT2D eigenvalue weighted by molar-refractivity contribution is 0.413. The summed E-state index contributed by atoms with van der Waals surface area (Å²) in [6, 6.07) is 5.97. The maximum Gasteiger partial charge on any atom is 0.120 e. The van der Waals surface area contributed by atoms with Crippen LogP contribution in [0, 0.1) is 0 Å². The number of rotatable bonds is 3. The number of methoxy groups -OCH3 is 1. The van der Waals surface area contributed by atoms with Crippen molar-refractivity contribution in [3.63, 3.8) is 0 Å². The lowest BCUT2D eigenvalue weighted by Gasteiger charge is -2.05. The molecule has 0 fully saturated rings. The quantitative estimate of drug-likeness (QED) is 0.695. The third-order valence-electron chi connectivity index (χ3n) is 1.66. The molecule has 0 aromatic heterocycles. The van der Waals surface area contributed by atoms with E-state index in [1.165, 1.54) is 4.90 Å². The molecule has 0 bridgehead atoms. The highest BCUT2D eigenvalue weighted by Gasteiger charge is 1.99. The standard InChI is InChI=1S/C10H12OS.C2H6/c1-4-8-5-6-9(11-2)7-10(8)12-3;1-2/h4-7H,1H2,2-3H3;1-2H3. The Balaban J connectivity index is 0.000000791. The Morgan fingerprint density at radius 1 is 1.36 bits per heavy atom. The highest BCUT2D eigenvalue weighted by molar-refractivity contribution is 7.98. The molecule has 14 heavy (non-hydrogen) atoms. The fourth-order valence-corrected chi connectivity index (χ4v) is 1.61. The molecule has 0 amide bonds. The molecule has 78 valence electrons. The smallest absolute Gasteiger partial charge is 0.120 e. The van der Waals surface area contributed by atoms with Gasteiger partial charge in [0.1, 0.15) is 5.75 Å². The van der Waals surface area contributed by atoms with Crippen LogP contribution in [0.4, 0.5) is 0 Å². The van der Waals surface area contributed by atoms with Gasteiger partial charge in [0.05, 0.1) is 7.11 Å². The zero-order valence-corrected chi connectivity index (χ0v) is 10.1. The van der Waals surface area contributed by atoms with Gasteiger partial charge in [-0.15, -0.1) is 11.8 Å². The maximum absolute atomic E-state index is 5.11. The Hall–Kier alpha value is -0.890. The molecule has 1 aromatic carbocycles. The van der Waals surface area contributed by atoms with Gasteiger partial charge in [-0.25, -0.2) is 0 Å². The molecule has 1 nitrogen and oxygen atoms in total. The van der Waals surface area contributed by atoms with E-state index in [0.717, 1.165) is 11.3 Å². The van der Waals surface area contributed by atoms with Crippen LogP contribution in [0.2, 0.25) is 0 Å². The van der Waals surface area contributed by atoms with E-state index in [1.54, 1.807) is 18.9 Å². The molecule has 1 aromatic rings. The van der Waals surface area contributed by atoms with E-state index in [9.17, 15) is 0 Å². The van der Waals surface area contributed by atoms with Crippen molar-refractivity contribution in [3.05, 3.63) is 30.3 Å². The molecule has 1 rings (SSSR count). The van der Waals surface area contributed by atoms with E-state index in [2.05, 4.69) is 6.58 Å². The number of benzene rings is 1. The van der Waals surface area contributed by atoms with Crippen LogP contribution < -0.4 is 4.74 Å². The van der Waals surface area contributed by atoms with Crippen LogP contribution in [-0.4, -0.2) is 13.4 Å². The van der Waals surface area contributed by atoms with E-state index in [-0.39, 0.29) is 0 Å². The van der Waals surface area contributed by atoms with Crippen molar-refractivity contribution < 1.29 is 4.74 Å². The minimum Gasteiger partial charge on any atom is -0.497 e. The van der Waals surface area contributed by atoms with Gasteiger partial charge in [-0.1, -0.05) is 32.6 Å². The number of hydrogen-bond acceptors (Lipinski definition) is 2. The molecule has 0 unspecified atom stereocenters. The zero-order valence-electron chi connectivity index (χ0n) is 9.33. The van der Waals surface area contributed by atoms with Crippen LogP contribution in [0.15, 0.2) is 29.7 Å². The summed E-state index contributed by atoms with van der Waals surface area (Å²) in [5.74, 6) is 0.893. The van der Waals surface area contributed by atoms with E-state index < -0.39 is 0 Å². The van der Waals surface area contributed by atoms with Crippen molar-refractivity contribution in [2.75, 3.05) is 13.4 Å². The van der Waals surface area contributed by atoms with Crippen molar-refractivity contribution in [2.24, 2.45) is 0 Å². The Morgan fingerprint density at radius 3 is 2.43 bits per heavy atom. The molecular formula is C12H18OS. The summed E-state index contributed by atoms with van der Waals surface area (Å²) in [6.45, 7) is 7.74. The molecule has 0 aliphatic carbocycles. The van der Waals surface area contributed by atoms with Crippen molar-refractivity contribution in [2.45, 2.75) is 18.7 Å². The Labute approximate surface area is 91.2 Å². The molecular weight excluding hydrogens is 192 g/mol. The highest BCUT2D eigenvalue weighted by atomic mass is 32.2. The number of thioether (sulfide) groups is 1. The average molecular weight is 210 g/mol. The third-order valence-corrected chi connectivity index (χ3v) is 2.45. The van der Waals surface area contributed by atoms with Crippen LogP contribution in [0.1, 0.15) is 19.4 Å². The lowest BCUT2D eigenvalue weighted by atomic mass is 10.2. The third kappa shape index (κ3) is 3.46. The van der Waals surface area contributed by atoms with Crippen LogP contribution in [-0.2, 0) is 0 Å². The fourth-order valence-electron chi connectivity index (χ4n) is 0.987. The zero-order chi connectivity index (χ0) is 11.0. The van der Waals surface area contributed by atoms with Crippen molar-refractivity contribution in [1.82, 2.24) is 0 Å². The van der Waals surface area contributed by atoms with Crippen LogP contribution in [0.25, 0.3) is 6.08 Å². The van der Waals surface area contributed by atoms with Crippen LogP contribution in [0.3, 0.4) is 0 Å². The summed E-state index contributed by atoms with van der Waals surface area (Å²) < 4.78 is 5.11. The van der Waals surface area contributed by atoms with Crippen molar-refractivity contribution in [1.29, 1.82) is 0 Å². The van der Waals surface area contributed by atoms with Gasteiger partial charge in [0.15, 0.2) is 0 Å². The molecule has 2 heteroatoms. The monoisotopic (exact) mass is 210 g/mol. The van der Waals surface area contributed by atoms with Gasteiger partial charge in [-0.2, -0.15) is 0 Å². The molecule has 0 atom stereocenters. The minimum absolute atomic E-state index is 0.893. The lowest BCUT2D eigenvalue weighted by Crippen LogP contribution is -1.84. The first kappa shape index (κ1) is 13.1. The second kappa shape index (κ2) is 7.51. The van der Waals surface area contributed by atoms with Gasteiger partial charge >= 0.3 is 0 Å². The molecule has 0 aliphatic rings. The average Bonchev–Trinajstić information content (AvgIpc) is 2.30. The number of ether oxygens (including phenoxy) is 1. The Morgan fingerprint density at radius 2 is 2.00 bits per heavy atom. The summed E-state index contributed by atoms with van der Waals surface area (Å²) in [5, 5.41) is 0. The normalized spacial score (nSPS) is 8.57. The summed E-state index contributed by atoms with van der Waals surface area (Å²) in [4.78, 5) is 1.20. The van der Waals surface area contributed by atoms with Gasteiger partial charge in [0, 0.05) is 4.90 Å². The second-order valence-electron chi connectivity index (χ2n) is 2.31. The first-order chi connectivity index (χ1) is 6.81. The van der Waals surface area contributed by atoms with E-state index in [0.29, 0.717) is 0 Å². The van der Waals surface area contributed by atoms with E-state index >= 15 is 0 Å². The number of hydrogen-bond donors (Lipinski definition) is 0. The summed E-state index contributed by atoms with van der Waals surface area (Å²) in [7, 11) is 1.67. The Kier molecular flexibility index (Phi) is 7.03. The van der Waals surface area contributed by atoms with Crippen molar-refractivity contribution >= 4 is 17.8 Å². The molecule has 0 saturated carbocycles. The molecule has 0 radical (unpaired) electrons. The van der Waals surface area contributed by atoms with Gasteiger partial charge in [0.25, 0.3) is 0 Å².